The first-order valence-corrected chi connectivity index (χ1v) is 6.55. The maximum absolute atomic E-state index is 6.22. The van der Waals surface area contributed by atoms with Crippen molar-refractivity contribution in [2.75, 3.05) is 34.0 Å². The predicted octanol–water partition coefficient (Wildman–Crippen LogP) is 1.53. The fraction of sp³-hybridized carbons (Fsp3) is 0.769. The standard InChI is InChI=1S/C13H25N3O3/c1-10(2)16-13(12(18-4)9-15-16)11(14)5-6-19-8-7-17-3/h9-11H,5-8,14H2,1-4H3. The Morgan fingerprint density at radius 2 is 2.00 bits per heavy atom. The number of rotatable bonds is 9. The summed E-state index contributed by atoms with van der Waals surface area (Å²) in [5.74, 6) is 0.734. The van der Waals surface area contributed by atoms with Crippen LogP contribution in [0.3, 0.4) is 0 Å². The topological polar surface area (TPSA) is 71.5 Å². The number of ether oxygens (including phenoxy) is 3. The van der Waals surface area contributed by atoms with Crippen molar-refractivity contribution in [2.24, 2.45) is 5.73 Å². The number of aromatic nitrogens is 2. The molecule has 1 atom stereocenters. The SMILES string of the molecule is COCCOCCC(N)c1c(OC)cnn1C(C)C. The van der Waals surface area contributed by atoms with Crippen LogP contribution in [0.1, 0.15) is 38.0 Å². The van der Waals surface area contributed by atoms with E-state index in [1.165, 1.54) is 0 Å². The van der Waals surface area contributed by atoms with Crippen molar-refractivity contribution < 1.29 is 14.2 Å². The molecule has 0 spiro atoms. The first-order valence-electron chi connectivity index (χ1n) is 6.55. The van der Waals surface area contributed by atoms with Crippen LogP contribution in [-0.4, -0.2) is 43.8 Å². The highest BCUT2D eigenvalue weighted by Gasteiger charge is 2.20. The van der Waals surface area contributed by atoms with Crippen molar-refractivity contribution in [3.8, 4) is 5.75 Å². The molecule has 1 aromatic heterocycles. The molecule has 0 aliphatic rings. The highest BCUT2D eigenvalue weighted by Crippen LogP contribution is 2.27. The minimum absolute atomic E-state index is 0.151. The third-order valence-electron chi connectivity index (χ3n) is 2.86. The molecule has 19 heavy (non-hydrogen) atoms. The molecular weight excluding hydrogens is 246 g/mol. The van der Waals surface area contributed by atoms with Gasteiger partial charge in [0.1, 0.15) is 0 Å². The Balaban J connectivity index is 2.59. The largest absolute Gasteiger partial charge is 0.493 e. The van der Waals surface area contributed by atoms with Crippen molar-refractivity contribution in [1.82, 2.24) is 9.78 Å². The molecule has 0 amide bonds. The minimum atomic E-state index is -0.151. The summed E-state index contributed by atoms with van der Waals surface area (Å²) < 4.78 is 17.6. The monoisotopic (exact) mass is 271 g/mol. The van der Waals surface area contributed by atoms with Crippen LogP contribution in [-0.2, 0) is 9.47 Å². The Labute approximate surface area is 114 Å². The molecule has 1 heterocycles. The van der Waals surface area contributed by atoms with Gasteiger partial charge in [0.05, 0.1) is 38.3 Å². The molecule has 1 unspecified atom stereocenters. The van der Waals surface area contributed by atoms with Crippen LogP contribution in [0.5, 0.6) is 5.75 Å². The lowest BCUT2D eigenvalue weighted by Crippen LogP contribution is -2.20. The minimum Gasteiger partial charge on any atom is -0.493 e. The highest BCUT2D eigenvalue weighted by molar-refractivity contribution is 5.28. The van der Waals surface area contributed by atoms with Crippen LogP contribution < -0.4 is 10.5 Å². The Kier molecular flexibility index (Phi) is 6.83. The zero-order valence-corrected chi connectivity index (χ0v) is 12.3. The van der Waals surface area contributed by atoms with Gasteiger partial charge >= 0.3 is 0 Å². The van der Waals surface area contributed by atoms with Gasteiger partial charge in [-0.15, -0.1) is 0 Å². The van der Waals surface area contributed by atoms with Gasteiger partial charge in [0.25, 0.3) is 0 Å². The van der Waals surface area contributed by atoms with E-state index >= 15 is 0 Å². The van der Waals surface area contributed by atoms with Crippen molar-refractivity contribution in [3.05, 3.63) is 11.9 Å². The number of hydrogen-bond donors (Lipinski definition) is 1. The fourth-order valence-corrected chi connectivity index (χ4v) is 1.87. The Morgan fingerprint density at radius 1 is 1.26 bits per heavy atom. The maximum Gasteiger partial charge on any atom is 0.161 e. The van der Waals surface area contributed by atoms with E-state index in [1.54, 1.807) is 20.4 Å². The van der Waals surface area contributed by atoms with Gasteiger partial charge in [0.2, 0.25) is 0 Å². The van der Waals surface area contributed by atoms with Crippen molar-refractivity contribution in [2.45, 2.75) is 32.4 Å². The molecule has 6 heteroatoms. The maximum atomic E-state index is 6.22. The molecule has 0 aliphatic carbocycles. The van der Waals surface area contributed by atoms with Gasteiger partial charge in [-0.25, -0.2) is 0 Å². The quantitative estimate of drug-likeness (QED) is 0.690. The zero-order valence-electron chi connectivity index (χ0n) is 12.3. The lowest BCUT2D eigenvalue weighted by Gasteiger charge is -2.18. The summed E-state index contributed by atoms with van der Waals surface area (Å²) in [4.78, 5) is 0. The van der Waals surface area contributed by atoms with Gasteiger partial charge in [-0.2, -0.15) is 5.10 Å². The molecule has 6 nitrogen and oxygen atoms in total. The van der Waals surface area contributed by atoms with Gasteiger partial charge in [-0.3, -0.25) is 4.68 Å². The van der Waals surface area contributed by atoms with Gasteiger partial charge < -0.3 is 19.9 Å². The van der Waals surface area contributed by atoms with Crippen LogP contribution in [0.4, 0.5) is 0 Å². The van der Waals surface area contributed by atoms with Crippen molar-refractivity contribution >= 4 is 0 Å². The lowest BCUT2D eigenvalue weighted by atomic mass is 10.1. The molecule has 110 valence electrons. The molecule has 1 rings (SSSR count). The normalized spacial score (nSPS) is 12.9. The summed E-state index contributed by atoms with van der Waals surface area (Å²) in [6.07, 6.45) is 2.43. The summed E-state index contributed by atoms with van der Waals surface area (Å²) in [6, 6.07) is 0.0988. The van der Waals surface area contributed by atoms with E-state index in [9.17, 15) is 0 Å². The predicted molar refractivity (Wildman–Crippen MR) is 73.4 cm³/mol. The lowest BCUT2D eigenvalue weighted by molar-refractivity contribution is 0.0668. The Morgan fingerprint density at radius 3 is 2.58 bits per heavy atom. The Bertz CT molecular complexity index is 366. The van der Waals surface area contributed by atoms with E-state index in [-0.39, 0.29) is 12.1 Å². The molecule has 0 aromatic carbocycles. The van der Waals surface area contributed by atoms with Crippen molar-refractivity contribution in [1.29, 1.82) is 0 Å². The molecule has 0 fully saturated rings. The molecular formula is C13H25N3O3. The molecule has 0 bridgehead atoms. The second-order valence-electron chi connectivity index (χ2n) is 4.64. The zero-order chi connectivity index (χ0) is 14.3. The van der Waals surface area contributed by atoms with E-state index in [4.69, 9.17) is 19.9 Å². The fourth-order valence-electron chi connectivity index (χ4n) is 1.87. The summed E-state index contributed by atoms with van der Waals surface area (Å²) in [6.45, 7) is 5.92. The summed E-state index contributed by atoms with van der Waals surface area (Å²) in [5, 5.41) is 4.32. The average molecular weight is 271 g/mol. The van der Waals surface area contributed by atoms with Crippen LogP contribution in [0.15, 0.2) is 6.20 Å². The number of nitrogens with zero attached hydrogens (tertiary/aromatic N) is 2. The van der Waals surface area contributed by atoms with E-state index in [1.807, 2.05) is 4.68 Å². The second-order valence-corrected chi connectivity index (χ2v) is 4.64. The molecule has 0 radical (unpaired) electrons. The van der Waals surface area contributed by atoms with Crippen LogP contribution in [0.2, 0.25) is 0 Å². The van der Waals surface area contributed by atoms with E-state index in [0.29, 0.717) is 19.8 Å². The highest BCUT2D eigenvalue weighted by atomic mass is 16.5. The van der Waals surface area contributed by atoms with Gasteiger partial charge in [0.15, 0.2) is 5.75 Å². The molecule has 0 aliphatic heterocycles. The first kappa shape index (κ1) is 15.9. The van der Waals surface area contributed by atoms with E-state index in [2.05, 4.69) is 18.9 Å². The molecule has 0 saturated carbocycles. The summed E-state index contributed by atoms with van der Waals surface area (Å²) in [5.41, 5.74) is 7.14. The van der Waals surface area contributed by atoms with Crippen LogP contribution in [0, 0.1) is 0 Å². The molecule has 2 N–H and O–H groups in total. The number of nitrogens with two attached hydrogens (primary N) is 1. The van der Waals surface area contributed by atoms with Crippen LogP contribution in [0.25, 0.3) is 0 Å². The summed E-state index contributed by atoms with van der Waals surface area (Å²) in [7, 11) is 3.29. The van der Waals surface area contributed by atoms with E-state index in [0.717, 1.165) is 17.9 Å². The third kappa shape index (κ3) is 4.49. The van der Waals surface area contributed by atoms with E-state index < -0.39 is 0 Å². The number of methoxy groups -OCH3 is 2. The number of hydrogen-bond acceptors (Lipinski definition) is 5. The van der Waals surface area contributed by atoms with Crippen LogP contribution >= 0.6 is 0 Å². The third-order valence-corrected chi connectivity index (χ3v) is 2.86. The molecule has 1 aromatic rings. The van der Waals surface area contributed by atoms with Gasteiger partial charge in [-0.05, 0) is 20.3 Å². The van der Waals surface area contributed by atoms with Crippen molar-refractivity contribution in [3.63, 3.8) is 0 Å². The smallest absolute Gasteiger partial charge is 0.161 e. The van der Waals surface area contributed by atoms with Gasteiger partial charge in [-0.1, -0.05) is 0 Å². The Hall–Kier alpha value is -1.11. The second kappa shape index (κ2) is 8.14. The summed E-state index contributed by atoms with van der Waals surface area (Å²) >= 11 is 0. The average Bonchev–Trinajstić information content (AvgIpc) is 2.82. The van der Waals surface area contributed by atoms with Gasteiger partial charge in [0, 0.05) is 19.8 Å². The molecule has 0 saturated heterocycles. The first-order chi connectivity index (χ1) is 9.11.